The minimum atomic E-state index is -0.529. The van der Waals surface area contributed by atoms with E-state index in [0.29, 0.717) is 17.4 Å². The summed E-state index contributed by atoms with van der Waals surface area (Å²) < 4.78 is 5.61. The van der Waals surface area contributed by atoms with Gasteiger partial charge in [-0.2, -0.15) is 0 Å². The van der Waals surface area contributed by atoms with E-state index in [9.17, 15) is 5.11 Å². The van der Waals surface area contributed by atoms with Crippen molar-refractivity contribution in [3.63, 3.8) is 0 Å². The Hall–Kier alpha value is -1.10. The molecule has 1 atom stereocenters. The van der Waals surface area contributed by atoms with Gasteiger partial charge >= 0.3 is 0 Å². The average molecular weight is 284 g/mol. The summed E-state index contributed by atoms with van der Waals surface area (Å²) in [5, 5.41) is 12.8. The van der Waals surface area contributed by atoms with Gasteiger partial charge in [0.15, 0.2) is 0 Å². The lowest BCUT2D eigenvalue weighted by atomic mass is 10.1. The first-order chi connectivity index (χ1) is 8.56. The molecule has 0 spiro atoms. The van der Waals surface area contributed by atoms with Crippen LogP contribution in [0.4, 0.5) is 0 Å². The predicted octanol–water partition coefficient (Wildman–Crippen LogP) is 3.74. The maximum atomic E-state index is 9.44. The minimum absolute atomic E-state index is 0.409. The molecule has 0 aliphatic heterocycles. The molecule has 1 aromatic carbocycles. The normalized spacial score (nSPS) is 12.4. The van der Waals surface area contributed by atoms with Crippen LogP contribution in [0.2, 0.25) is 5.02 Å². The third-order valence-corrected chi connectivity index (χ3v) is 3.69. The van der Waals surface area contributed by atoms with Crippen LogP contribution < -0.4 is 4.74 Å². The molecule has 0 aliphatic rings. The molecule has 2 aromatic rings. The molecule has 3 nitrogen and oxygen atoms in total. The summed E-state index contributed by atoms with van der Waals surface area (Å²) in [5.74, 6) is 0.605. The first-order valence-corrected chi connectivity index (χ1v) is 6.83. The fourth-order valence-electron chi connectivity index (χ4n) is 1.50. The molecule has 96 valence electrons. The molecule has 0 saturated heterocycles. The van der Waals surface area contributed by atoms with E-state index in [4.69, 9.17) is 16.3 Å². The van der Waals surface area contributed by atoms with Crippen LogP contribution in [0.3, 0.4) is 0 Å². The minimum Gasteiger partial charge on any atom is -0.485 e. The van der Waals surface area contributed by atoms with E-state index < -0.39 is 6.10 Å². The van der Waals surface area contributed by atoms with Gasteiger partial charge in [-0.15, -0.1) is 11.3 Å². The lowest BCUT2D eigenvalue weighted by Gasteiger charge is -2.09. The van der Waals surface area contributed by atoms with Crippen molar-refractivity contribution in [1.82, 2.24) is 4.98 Å². The number of rotatable bonds is 4. The van der Waals surface area contributed by atoms with Crippen LogP contribution in [0.15, 0.2) is 23.6 Å². The van der Waals surface area contributed by atoms with Crippen molar-refractivity contribution in [3.05, 3.63) is 44.9 Å². The van der Waals surface area contributed by atoms with Gasteiger partial charge in [-0.25, -0.2) is 4.98 Å². The Morgan fingerprint density at radius 2 is 2.28 bits per heavy atom. The van der Waals surface area contributed by atoms with Gasteiger partial charge in [0.25, 0.3) is 0 Å². The van der Waals surface area contributed by atoms with Crippen LogP contribution in [0.1, 0.15) is 29.3 Å². The van der Waals surface area contributed by atoms with Crippen LogP contribution in [0, 0.1) is 6.92 Å². The molecule has 0 bridgehead atoms. The summed E-state index contributed by atoms with van der Waals surface area (Å²) in [7, 11) is 0. The second-order valence-electron chi connectivity index (χ2n) is 4.04. The number of halogens is 1. The highest BCUT2D eigenvalue weighted by Crippen LogP contribution is 2.28. The average Bonchev–Trinajstić information content (AvgIpc) is 2.73. The third kappa shape index (κ3) is 3.22. The number of aliphatic hydroxyl groups excluding tert-OH is 1. The Morgan fingerprint density at radius 1 is 1.50 bits per heavy atom. The van der Waals surface area contributed by atoms with Crippen LogP contribution in [0.5, 0.6) is 5.75 Å². The number of hydrogen-bond donors (Lipinski definition) is 1. The first-order valence-electron chi connectivity index (χ1n) is 5.57. The largest absolute Gasteiger partial charge is 0.485 e. The summed E-state index contributed by atoms with van der Waals surface area (Å²) >= 11 is 7.66. The van der Waals surface area contributed by atoms with Crippen molar-refractivity contribution >= 4 is 22.9 Å². The van der Waals surface area contributed by atoms with Crippen LogP contribution in [-0.4, -0.2) is 10.1 Å². The van der Waals surface area contributed by atoms with Crippen molar-refractivity contribution in [3.8, 4) is 5.75 Å². The van der Waals surface area contributed by atoms with E-state index >= 15 is 0 Å². The number of aryl methyl sites for hydroxylation is 1. The fraction of sp³-hybridized carbons (Fsp3) is 0.308. The molecule has 5 heteroatoms. The highest BCUT2D eigenvalue weighted by Gasteiger charge is 2.07. The highest BCUT2D eigenvalue weighted by atomic mass is 35.5. The monoisotopic (exact) mass is 283 g/mol. The van der Waals surface area contributed by atoms with Gasteiger partial charge < -0.3 is 9.84 Å². The van der Waals surface area contributed by atoms with Crippen LogP contribution >= 0.6 is 22.9 Å². The van der Waals surface area contributed by atoms with E-state index in [-0.39, 0.29) is 0 Å². The Kier molecular flexibility index (Phi) is 4.22. The number of hydrogen-bond acceptors (Lipinski definition) is 4. The third-order valence-electron chi connectivity index (χ3n) is 2.46. The molecule has 18 heavy (non-hydrogen) atoms. The molecule has 0 amide bonds. The molecule has 0 fully saturated rings. The maximum Gasteiger partial charge on any atom is 0.140 e. The van der Waals surface area contributed by atoms with Crippen molar-refractivity contribution in [2.24, 2.45) is 0 Å². The lowest BCUT2D eigenvalue weighted by Crippen LogP contribution is -1.97. The van der Waals surface area contributed by atoms with Crippen molar-refractivity contribution in [1.29, 1.82) is 0 Å². The maximum absolute atomic E-state index is 9.44. The second kappa shape index (κ2) is 5.69. The van der Waals surface area contributed by atoms with E-state index in [2.05, 4.69) is 4.98 Å². The topological polar surface area (TPSA) is 42.4 Å². The summed E-state index contributed by atoms with van der Waals surface area (Å²) in [5.41, 5.74) is 1.77. The summed E-state index contributed by atoms with van der Waals surface area (Å²) in [6.45, 7) is 4.06. The molecule has 2 rings (SSSR count). The Bertz CT molecular complexity index is 540. The molecule has 1 heterocycles. The summed E-state index contributed by atoms with van der Waals surface area (Å²) in [6, 6.07) is 5.29. The smallest absolute Gasteiger partial charge is 0.140 e. The molecular formula is C13H14ClNO2S. The van der Waals surface area contributed by atoms with Crippen molar-refractivity contribution in [2.45, 2.75) is 26.6 Å². The molecule has 0 saturated carbocycles. The van der Waals surface area contributed by atoms with Crippen molar-refractivity contribution < 1.29 is 9.84 Å². The zero-order valence-corrected chi connectivity index (χ0v) is 11.8. The zero-order valence-electron chi connectivity index (χ0n) is 10.2. The number of thiazole rings is 1. The number of aromatic nitrogens is 1. The van der Waals surface area contributed by atoms with E-state index in [1.54, 1.807) is 36.5 Å². The number of aliphatic hydroxyl groups is 1. The van der Waals surface area contributed by atoms with Gasteiger partial charge in [-0.05, 0) is 31.5 Å². The molecule has 0 unspecified atom stereocenters. The zero-order chi connectivity index (χ0) is 13.1. The molecule has 1 aromatic heterocycles. The Morgan fingerprint density at radius 3 is 2.83 bits per heavy atom. The molecule has 0 radical (unpaired) electrons. The summed E-state index contributed by atoms with van der Waals surface area (Å²) in [6.07, 6.45) is -0.529. The second-order valence-corrected chi connectivity index (χ2v) is 5.39. The standard InChI is InChI=1S/C13H14ClNO2S/c1-8-7-18-13(15-8)6-17-12-4-3-10(9(2)16)5-11(12)14/h3-5,7,9,16H,6H2,1-2H3/t9-/m0/s1. The van der Waals surface area contributed by atoms with Gasteiger partial charge in [0, 0.05) is 11.1 Å². The van der Waals surface area contributed by atoms with Gasteiger partial charge in [0.05, 0.1) is 11.1 Å². The fourth-order valence-corrected chi connectivity index (χ4v) is 2.43. The quantitative estimate of drug-likeness (QED) is 0.929. The van der Waals surface area contributed by atoms with E-state index in [0.717, 1.165) is 16.3 Å². The van der Waals surface area contributed by atoms with Crippen molar-refractivity contribution in [2.75, 3.05) is 0 Å². The SMILES string of the molecule is Cc1csc(COc2ccc([C@H](C)O)cc2Cl)n1. The first kappa shape index (κ1) is 13.3. The lowest BCUT2D eigenvalue weighted by molar-refractivity contribution is 0.199. The number of benzene rings is 1. The summed E-state index contributed by atoms with van der Waals surface area (Å²) in [4.78, 5) is 4.31. The van der Waals surface area contributed by atoms with Gasteiger partial charge in [-0.1, -0.05) is 17.7 Å². The molecule has 0 aliphatic carbocycles. The van der Waals surface area contributed by atoms with E-state index in [1.165, 1.54) is 0 Å². The number of nitrogens with zero attached hydrogens (tertiary/aromatic N) is 1. The Balaban J connectivity index is 2.05. The van der Waals surface area contributed by atoms with Gasteiger partial charge in [0.2, 0.25) is 0 Å². The van der Waals surface area contributed by atoms with Gasteiger partial charge in [-0.3, -0.25) is 0 Å². The molecular weight excluding hydrogens is 270 g/mol. The number of ether oxygens (including phenoxy) is 1. The Labute approximate surface area is 115 Å². The van der Waals surface area contributed by atoms with Gasteiger partial charge in [0.1, 0.15) is 17.4 Å². The van der Waals surface area contributed by atoms with Crippen LogP contribution in [-0.2, 0) is 6.61 Å². The predicted molar refractivity (Wildman–Crippen MR) is 73.3 cm³/mol. The van der Waals surface area contributed by atoms with E-state index in [1.807, 2.05) is 12.3 Å². The van der Waals surface area contributed by atoms with Crippen LogP contribution in [0.25, 0.3) is 0 Å². The molecule has 1 N–H and O–H groups in total. The highest BCUT2D eigenvalue weighted by molar-refractivity contribution is 7.09.